The van der Waals surface area contributed by atoms with Crippen molar-refractivity contribution in [2.75, 3.05) is 10.6 Å². The van der Waals surface area contributed by atoms with Crippen molar-refractivity contribution in [1.29, 1.82) is 5.26 Å². The number of thiophene rings is 1. The maximum absolute atomic E-state index is 13.1. The summed E-state index contributed by atoms with van der Waals surface area (Å²) < 4.78 is 0. The zero-order valence-electron chi connectivity index (χ0n) is 19.3. The Morgan fingerprint density at radius 2 is 1.86 bits per heavy atom. The third-order valence-corrected chi connectivity index (χ3v) is 7.38. The van der Waals surface area contributed by atoms with Gasteiger partial charge in [0.25, 0.3) is 0 Å². The van der Waals surface area contributed by atoms with Gasteiger partial charge in [0.15, 0.2) is 0 Å². The van der Waals surface area contributed by atoms with E-state index in [1.807, 2.05) is 49.6 Å². The normalized spacial score (nSPS) is 11.3. The number of nitrogens with one attached hydrogen (secondary N) is 2. The van der Waals surface area contributed by atoms with E-state index >= 15 is 0 Å². The number of aliphatic carboxylic acids is 1. The summed E-state index contributed by atoms with van der Waals surface area (Å²) in [5, 5.41) is 26.1. The molecule has 3 rings (SSSR count). The highest BCUT2D eigenvalue weighted by atomic mass is 32.2. The van der Waals surface area contributed by atoms with Gasteiger partial charge in [-0.1, -0.05) is 42.8 Å². The van der Waals surface area contributed by atoms with Gasteiger partial charge in [-0.2, -0.15) is 5.26 Å². The van der Waals surface area contributed by atoms with E-state index in [0.717, 1.165) is 21.6 Å². The molecule has 0 aliphatic heterocycles. The summed E-state index contributed by atoms with van der Waals surface area (Å²) in [4.78, 5) is 36.4. The van der Waals surface area contributed by atoms with Crippen LogP contribution in [0.15, 0.2) is 58.8 Å². The summed E-state index contributed by atoms with van der Waals surface area (Å²) in [5.41, 5.74) is 3.82. The van der Waals surface area contributed by atoms with E-state index in [0.29, 0.717) is 22.7 Å². The molecule has 0 saturated carbocycles. The second kappa shape index (κ2) is 12.2. The molecule has 1 unspecified atom stereocenters. The molecule has 2 amide bonds. The standard InChI is InChI=1S/C26H25N3O4S2/c1-3-22(35-19-6-4-5-18(13-19)28-23(30)11-12-24(31)32)25(33)29-26-20(14-27)21(15-34-26)17-9-7-16(2)8-10-17/h4-10,13,15,22H,3,11-12H2,1-2H3,(H,28,30)(H,29,33)(H,31,32). The highest BCUT2D eigenvalue weighted by Crippen LogP contribution is 2.36. The molecule has 3 N–H and O–H groups in total. The van der Waals surface area contributed by atoms with Crippen molar-refractivity contribution in [2.45, 2.75) is 43.3 Å². The van der Waals surface area contributed by atoms with Gasteiger partial charge in [0.1, 0.15) is 11.1 Å². The monoisotopic (exact) mass is 507 g/mol. The van der Waals surface area contributed by atoms with Crippen LogP contribution in [0.3, 0.4) is 0 Å². The van der Waals surface area contributed by atoms with Crippen LogP contribution in [-0.2, 0) is 14.4 Å². The molecule has 1 atom stereocenters. The van der Waals surface area contributed by atoms with Crippen LogP contribution in [-0.4, -0.2) is 28.1 Å². The predicted molar refractivity (Wildman–Crippen MR) is 140 cm³/mol. The minimum absolute atomic E-state index is 0.112. The van der Waals surface area contributed by atoms with Crippen LogP contribution in [0.4, 0.5) is 10.7 Å². The topological polar surface area (TPSA) is 119 Å². The Kier molecular flexibility index (Phi) is 9.06. The second-order valence-electron chi connectivity index (χ2n) is 7.81. The molecule has 0 spiro atoms. The van der Waals surface area contributed by atoms with Crippen molar-refractivity contribution in [3.63, 3.8) is 0 Å². The first-order valence-electron chi connectivity index (χ1n) is 11.0. The van der Waals surface area contributed by atoms with Crippen molar-refractivity contribution in [3.8, 4) is 17.2 Å². The Hall–Kier alpha value is -3.61. The number of aryl methyl sites for hydroxylation is 1. The molecule has 180 valence electrons. The van der Waals surface area contributed by atoms with Gasteiger partial charge in [-0.25, -0.2) is 0 Å². The average molecular weight is 508 g/mol. The molecule has 35 heavy (non-hydrogen) atoms. The molecule has 0 bridgehead atoms. The molecule has 9 heteroatoms. The SMILES string of the molecule is CCC(Sc1cccc(NC(=O)CCC(=O)O)c1)C(=O)Nc1scc(-c2ccc(C)cc2)c1C#N. The van der Waals surface area contributed by atoms with E-state index in [4.69, 9.17) is 5.11 Å². The Balaban J connectivity index is 1.69. The molecule has 1 aromatic heterocycles. The van der Waals surface area contributed by atoms with Crippen molar-refractivity contribution >= 4 is 51.6 Å². The van der Waals surface area contributed by atoms with Gasteiger partial charge >= 0.3 is 5.97 Å². The minimum Gasteiger partial charge on any atom is -0.481 e. The van der Waals surface area contributed by atoms with Crippen molar-refractivity contribution in [1.82, 2.24) is 0 Å². The number of nitriles is 1. The fourth-order valence-electron chi connectivity index (χ4n) is 3.28. The van der Waals surface area contributed by atoms with Gasteiger partial charge in [0.05, 0.1) is 17.2 Å². The molecule has 0 aliphatic carbocycles. The third-order valence-electron chi connectivity index (χ3n) is 5.13. The number of nitrogens with zero attached hydrogens (tertiary/aromatic N) is 1. The minimum atomic E-state index is -1.03. The number of carbonyl (C=O) groups excluding carboxylic acids is 2. The van der Waals surface area contributed by atoms with Gasteiger partial charge in [0.2, 0.25) is 11.8 Å². The average Bonchev–Trinajstić information content (AvgIpc) is 3.24. The number of benzene rings is 2. The molecule has 0 saturated heterocycles. The fraction of sp³-hybridized carbons (Fsp3) is 0.231. The lowest BCUT2D eigenvalue weighted by molar-refractivity contribution is -0.138. The maximum Gasteiger partial charge on any atom is 0.303 e. The summed E-state index contributed by atoms with van der Waals surface area (Å²) in [6, 6.07) is 17.2. The first-order chi connectivity index (χ1) is 16.8. The van der Waals surface area contributed by atoms with Crippen LogP contribution < -0.4 is 10.6 Å². The van der Waals surface area contributed by atoms with Crippen molar-refractivity contribution in [3.05, 3.63) is 65.0 Å². The Labute approximate surface area is 212 Å². The maximum atomic E-state index is 13.1. The van der Waals surface area contributed by atoms with Gasteiger partial charge in [0, 0.05) is 27.9 Å². The van der Waals surface area contributed by atoms with Crippen LogP contribution in [0.5, 0.6) is 0 Å². The molecular weight excluding hydrogens is 482 g/mol. The zero-order chi connectivity index (χ0) is 25.4. The molecule has 2 aromatic carbocycles. The van der Waals surface area contributed by atoms with Gasteiger partial charge in [-0.15, -0.1) is 23.1 Å². The summed E-state index contributed by atoms with van der Waals surface area (Å²) >= 11 is 2.68. The quantitative estimate of drug-likeness (QED) is 0.294. The molecule has 0 aliphatic rings. The fourth-order valence-corrected chi connectivity index (χ4v) is 5.21. The predicted octanol–water partition coefficient (Wildman–Crippen LogP) is 5.91. The van der Waals surface area contributed by atoms with E-state index < -0.39 is 11.2 Å². The third kappa shape index (κ3) is 7.18. The number of thioether (sulfide) groups is 1. The van der Waals surface area contributed by atoms with Crippen molar-refractivity contribution in [2.24, 2.45) is 0 Å². The van der Waals surface area contributed by atoms with Crippen LogP contribution in [0, 0.1) is 18.3 Å². The molecule has 1 heterocycles. The number of carbonyl (C=O) groups is 3. The lowest BCUT2D eigenvalue weighted by atomic mass is 10.0. The number of rotatable bonds is 10. The Morgan fingerprint density at radius 1 is 1.11 bits per heavy atom. The zero-order valence-corrected chi connectivity index (χ0v) is 21.0. The van der Waals surface area contributed by atoms with Crippen molar-refractivity contribution < 1.29 is 19.5 Å². The van der Waals surface area contributed by atoms with Crippen LogP contribution >= 0.6 is 23.1 Å². The number of hydrogen-bond donors (Lipinski definition) is 3. The summed E-state index contributed by atoms with van der Waals surface area (Å²) in [6.45, 7) is 3.91. The lowest BCUT2D eigenvalue weighted by Crippen LogP contribution is -2.24. The highest BCUT2D eigenvalue weighted by Gasteiger charge is 2.22. The van der Waals surface area contributed by atoms with Gasteiger partial charge < -0.3 is 15.7 Å². The number of carboxylic acid groups (broad SMARTS) is 1. The molecule has 3 aromatic rings. The number of carboxylic acids is 1. The smallest absolute Gasteiger partial charge is 0.303 e. The van der Waals surface area contributed by atoms with E-state index in [1.165, 1.54) is 23.1 Å². The Bertz CT molecular complexity index is 1260. The largest absolute Gasteiger partial charge is 0.481 e. The number of anilines is 2. The number of amides is 2. The van der Waals surface area contributed by atoms with E-state index in [-0.39, 0.29) is 24.7 Å². The lowest BCUT2D eigenvalue weighted by Gasteiger charge is -2.15. The van der Waals surface area contributed by atoms with Gasteiger partial charge in [-0.3, -0.25) is 14.4 Å². The highest BCUT2D eigenvalue weighted by molar-refractivity contribution is 8.00. The molecule has 7 nitrogen and oxygen atoms in total. The molecule has 0 radical (unpaired) electrons. The van der Waals surface area contributed by atoms with Crippen LogP contribution in [0.1, 0.15) is 37.3 Å². The van der Waals surface area contributed by atoms with Crippen LogP contribution in [0.2, 0.25) is 0 Å². The summed E-state index contributed by atoms with van der Waals surface area (Å²) in [5.74, 6) is -1.62. The van der Waals surface area contributed by atoms with E-state index in [2.05, 4.69) is 16.7 Å². The first kappa shape index (κ1) is 26.0. The first-order valence-corrected chi connectivity index (χ1v) is 12.7. The number of hydrogen-bond acceptors (Lipinski definition) is 6. The second-order valence-corrected chi connectivity index (χ2v) is 9.96. The summed E-state index contributed by atoms with van der Waals surface area (Å²) in [6.07, 6.45) is 0.209. The van der Waals surface area contributed by atoms with E-state index in [1.54, 1.807) is 18.2 Å². The van der Waals surface area contributed by atoms with Gasteiger partial charge in [-0.05, 0) is 37.1 Å². The molecular formula is C26H25N3O4S2. The summed E-state index contributed by atoms with van der Waals surface area (Å²) in [7, 11) is 0. The van der Waals surface area contributed by atoms with E-state index in [9.17, 15) is 19.6 Å². The molecule has 0 fully saturated rings. The van der Waals surface area contributed by atoms with Crippen LogP contribution in [0.25, 0.3) is 11.1 Å². The Morgan fingerprint density at radius 3 is 2.51 bits per heavy atom.